The van der Waals surface area contributed by atoms with Crippen molar-refractivity contribution < 1.29 is 0 Å². The molecule has 1 fully saturated rings. The number of aromatic amines is 1. The number of nitrogens with one attached hydrogen (secondary N) is 2. The number of aromatic nitrogens is 3. The van der Waals surface area contributed by atoms with Crippen molar-refractivity contribution in [3.8, 4) is 0 Å². The van der Waals surface area contributed by atoms with Crippen LogP contribution in [-0.2, 0) is 13.1 Å². The summed E-state index contributed by atoms with van der Waals surface area (Å²) >= 11 is 0. The second-order valence-electron chi connectivity index (χ2n) is 4.55. The maximum absolute atomic E-state index is 4.06. The van der Waals surface area contributed by atoms with Gasteiger partial charge in [0, 0.05) is 6.54 Å². The highest BCUT2D eigenvalue weighted by atomic mass is 15.2. The first kappa shape index (κ1) is 10.5. The summed E-state index contributed by atoms with van der Waals surface area (Å²) in [6.07, 6.45) is 4.26. The molecule has 0 aliphatic heterocycles. The average Bonchev–Trinajstić information content (AvgIpc) is 3.08. The van der Waals surface area contributed by atoms with Crippen molar-refractivity contribution in [2.75, 3.05) is 0 Å². The molecule has 0 atom stereocenters. The zero-order valence-corrected chi connectivity index (χ0v) is 9.69. The summed E-state index contributed by atoms with van der Waals surface area (Å²) in [5, 5.41) is 9.98. The molecule has 0 amide bonds. The molecule has 0 bridgehead atoms. The number of nitrogens with zero attached hydrogens (tertiary/aromatic N) is 2. The summed E-state index contributed by atoms with van der Waals surface area (Å²) in [6.45, 7) is 1.59. The topological polar surface area (TPSA) is 53.6 Å². The van der Waals surface area contributed by atoms with Gasteiger partial charge in [-0.15, -0.1) is 0 Å². The Morgan fingerprint density at radius 3 is 2.65 bits per heavy atom. The minimum Gasteiger partial charge on any atom is -0.306 e. The summed E-state index contributed by atoms with van der Waals surface area (Å²) in [5.41, 5.74) is 2.80. The molecule has 0 saturated heterocycles. The lowest BCUT2D eigenvalue weighted by atomic mass is 10.1. The molecule has 4 nitrogen and oxygen atoms in total. The van der Waals surface area contributed by atoms with E-state index in [9.17, 15) is 0 Å². The van der Waals surface area contributed by atoms with Crippen LogP contribution in [-0.4, -0.2) is 15.2 Å². The van der Waals surface area contributed by atoms with Crippen molar-refractivity contribution in [1.82, 2.24) is 20.5 Å². The van der Waals surface area contributed by atoms with E-state index in [1.807, 2.05) is 0 Å². The third kappa shape index (κ3) is 2.71. The third-order valence-electron chi connectivity index (χ3n) is 3.11. The van der Waals surface area contributed by atoms with Crippen LogP contribution in [0, 0.1) is 0 Å². The van der Waals surface area contributed by atoms with Crippen LogP contribution in [0.25, 0.3) is 0 Å². The van der Waals surface area contributed by atoms with Gasteiger partial charge in [-0.2, -0.15) is 5.10 Å². The van der Waals surface area contributed by atoms with Crippen molar-refractivity contribution in [3.05, 3.63) is 47.5 Å². The van der Waals surface area contributed by atoms with Gasteiger partial charge < -0.3 is 5.32 Å². The van der Waals surface area contributed by atoms with Crippen molar-refractivity contribution in [3.63, 3.8) is 0 Å². The van der Waals surface area contributed by atoms with Gasteiger partial charge in [-0.3, -0.25) is 5.10 Å². The molecular weight excluding hydrogens is 212 g/mol. The molecule has 1 aliphatic rings. The fraction of sp³-hybridized carbons (Fsp3) is 0.385. The molecule has 1 aromatic carbocycles. The van der Waals surface area contributed by atoms with Crippen LogP contribution in [0.4, 0.5) is 0 Å². The van der Waals surface area contributed by atoms with Crippen molar-refractivity contribution in [2.24, 2.45) is 0 Å². The molecular formula is C13H16N4. The highest BCUT2D eigenvalue weighted by Gasteiger charge is 2.22. The largest absolute Gasteiger partial charge is 0.306 e. The molecule has 1 aromatic heterocycles. The first-order chi connectivity index (χ1) is 8.42. The Hall–Kier alpha value is -1.68. The van der Waals surface area contributed by atoms with Gasteiger partial charge in [0.15, 0.2) is 0 Å². The number of benzene rings is 1. The summed E-state index contributed by atoms with van der Waals surface area (Å²) in [5.74, 6) is 1.71. The second kappa shape index (κ2) is 4.67. The number of H-pyrrole nitrogens is 1. The van der Waals surface area contributed by atoms with Gasteiger partial charge in [-0.25, -0.2) is 4.98 Å². The predicted octanol–water partition coefficient (Wildman–Crippen LogP) is 1.97. The standard InChI is InChI=1S/C13H16N4/c1-3-11(12-5-6-12)4-2-10(1)7-14-8-13-15-9-16-17-13/h1-4,9,12,14H,5-8H2,(H,15,16,17). The Morgan fingerprint density at radius 1 is 1.18 bits per heavy atom. The summed E-state index contributed by atoms with van der Waals surface area (Å²) in [7, 11) is 0. The first-order valence-corrected chi connectivity index (χ1v) is 6.05. The van der Waals surface area contributed by atoms with Gasteiger partial charge in [0.1, 0.15) is 12.2 Å². The SMILES string of the molecule is c1n[nH]c(CNCc2ccc(C3CC3)cc2)n1. The van der Waals surface area contributed by atoms with Gasteiger partial charge in [-0.1, -0.05) is 24.3 Å². The molecule has 2 N–H and O–H groups in total. The Labute approximate surface area is 100 Å². The van der Waals surface area contributed by atoms with Crippen LogP contribution in [0.5, 0.6) is 0 Å². The molecule has 88 valence electrons. The van der Waals surface area contributed by atoms with Crippen LogP contribution in [0.2, 0.25) is 0 Å². The van der Waals surface area contributed by atoms with Crippen LogP contribution < -0.4 is 5.32 Å². The molecule has 3 rings (SSSR count). The zero-order chi connectivity index (χ0) is 11.5. The molecule has 0 spiro atoms. The van der Waals surface area contributed by atoms with E-state index >= 15 is 0 Å². The monoisotopic (exact) mass is 228 g/mol. The molecule has 1 heterocycles. The van der Waals surface area contributed by atoms with E-state index in [-0.39, 0.29) is 0 Å². The molecule has 0 unspecified atom stereocenters. The molecule has 2 aromatic rings. The number of hydrogen-bond acceptors (Lipinski definition) is 3. The third-order valence-corrected chi connectivity index (χ3v) is 3.11. The lowest BCUT2D eigenvalue weighted by Crippen LogP contribution is -2.13. The zero-order valence-electron chi connectivity index (χ0n) is 9.69. The lowest BCUT2D eigenvalue weighted by molar-refractivity contribution is 0.664. The summed E-state index contributed by atoms with van der Waals surface area (Å²) < 4.78 is 0. The molecule has 4 heteroatoms. The predicted molar refractivity (Wildman–Crippen MR) is 65.3 cm³/mol. The van der Waals surface area contributed by atoms with Crippen LogP contribution >= 0.6 is 0 Å². The normalized spacial score (nSPS) is 15.1. The maximum Gasteiger partial charge on any atom is 0.138 e. The van der Waals surface area contributed by atoms with Crippen molar-refractivity contribution >= 4 is 0 Å². The lowest BCUT2D eigenvalue weighted by Gasteiger charge is -2.04. The quantitative estimate of drug-likeness (QED) is 0.822. The minimum absolute atomic E-state index is 0.727. The summed E-state index contributed by atoms with van der Waals surface area (Å²) in [6, 6.07) is 8.92. The van der Waals surface area contributed by atoms with E-state index in [0.717, 1.165) is 24.8 Å². The van der Waals surface area contributed by atoms with Crippen LogP contribution in [0.3, 0.4) is 0 Å². The van der Waals surface area contributed by atoms with Gasteiger partial charge in [0.2, 0.25) is 0 Å². The summed E-state index contributed by atoms with van der Waals surface area (Å²) in [4.78, 5) is 4.06. The van der Waals surface area contributed by atoms with Gasteiger partial charge >= 0.3 is 0 Å². The van der Waals surface area contributed by atoms with E-state index in [2.05, 4.69) is 44.8 Å². The highest BCUT2D eigenvalue weighted by Crippen LogP contribution is 2.39. The molecule has 0 radical (unpaired) electrons. The first-order valence-electron chi connectivity index (χ1n) is 6.05. The fourth-order valence-electron chi connectivity index (χ4n) is 1.97. The minimum atomic E-state index is 0.727. The van der Waals surface area contributed by atoms with Crippen molar-refractivity contribution in [1.29, 1.82) is 0 Å². The average molecular weight is 228 g/mol. The van der Waals surface area contributed by atoms with Crippen molar-refractivity contribution in [2.45, 2.75) is 31.8 Å². The number of hydrogen-bond donors (Lipinski definition) is 2. The molecule has 1 aliphatic carbocycles. The Kier molecular flexibility index (Phi) is 2.88. The van der Waals surface area contributed by atoms with Crippen LogP contribution in [0.15, 0.2) is 30.6 Å². The molecule has 17 heavy (non-hydrogen) atoms. The van der Waals surface area contributed by atoms with E-state index < -0.39 is 0 Å². The molecule has 1 saturated carbocycles. The number of rotatable bonds is 5. The second-order valence-corrected chi connectivity index (χ2v) is 4.55. The fourth-order valence-corrected chi connectivity index (χ4v) is 1.97. The van der Waals surface area contributed by atoms with E-state index in [4.69, 9.17) is 0 Å². The maximum atomic E-state index is 4.06. The van der Waals surface area contributed by atoms with Gasteiger partial charge in [-0.05, 0) is 29.9 Å². The van der Waals surface area contributed by atoms with Crippen LogP contribution in [0.1, 0.15) is 35.7 Å². The van der Waals surface area contributed by atoms with E-state index in [1.54, 1.807) is 0 Å². The van der Waals surface area contributed by atoms with Gasteiger partial charge in [0.05, 0.1) is 6.54 Å². The van der Waals surface area contributed by atoms with E-state index in [1.165, 1.54) is 30.3 Å². The smallest absolute Gasteiger partial charge is 0.138 e. The Bertz CT molecular complexity index is 457. The van der Waals surface area contributed by atoms with E-state index in [0.29, 0.717) is 0 Å². The highest BCUT2D eigenvalue weighted by molar-refractivity contribution is 5.27. The Balaban J connectivity index is 1.51. The Morgan fingerprint density at radius 2 is 2.00 bits per heavy atom. The van der Waals surface area contributed by atoms with Gasteiger partial charge in [0.25, 0.3) is 0 Å².